The molecule has 3 nitrogen and oxygen atoms in total. The Morgan fingerprint density at radius 2 is 2.05 bits per heavy atom. The number of nitrogens with zero attached hydrogens (tertiary/aromatic N) is 3. The van der Waals surface area contributed by atoms with Gasteiger partial charge < -0.3 is 0 Å². The number of aryl methyl sites for hydroxylation is 1. The molecular weight excluding hydrogens is 234 g/mol. The minimum Gasteiger partial charge on any atom is -0.296 e. The first-order valence-electron chi connectivity index (χ1n) is 6.92. The first-order valence-corrected chi connectivity index (χ1v) is 6.92. The van der Waals surface area contributed by atoms with E-state index in [0.29, 0.717) is 5.92 Å². The molecule has 3 rings (SSSR count). The van der Waals surface area contributed by atoms with Gasteiger partial charge in [-0.05, 0) is 30.2 Å². The van der Waals surface area contributed by atoms with Gasteiger partial charge in [0, 0.05) is 43.6 Å². The van der Waals surface area contributed by atoms with Crippen LogP contribution in [0.1, 0.15) is 29.8 Å². The maximum atomic E-state index is 4.51. The minimum absolute atomic E-state index is 0.594. The molecule has 0 N–H and O–H groups in total. The Kier molecular flexibility index (Phi) is 3.56. The van der Waals surface area contributed by atoms with Crippen LogP contribution in [0, 0.1) is 0 Å². The third-order valence-electron chi connectivity index (χ3n) is 3.74. The average molecular weight is 253 g/mol. The molecule has 1 fully saturated rings. The molecule has 2 aromatic heterocycles. The SMILES string of the molecule is CCc1ccc(CN2CC(c3ccccn3)C2)nc1. The van der Waals surface area contributed by atoms with Crippen molar-refractivity contribution in [2.24, 2.45) is 0 Å². The Hall–Kier alpha value is -1.74. The average Bonchev–Trinajstić information content (AvgIpc) is 2.44. The summed E-state index contributed by atoms with van der Waals surface area (Å²) in [5.74, 6) is 0.594. The highest BCUT2D eigenvalue weighted by atomic mass is 15.2. The van der Waals surface area contributed by atoms with E-state index in [0.717, 1.165) is 31.7 Å². The van der Waals surface area contributed by atoms with Crippen molar-refractivity contribution >= 4 is 0 Å². The Balaban J connectivity index is 1.53. The van der Waals surface area contributed by atoms with E-state index >= 15 is 0 Å². The predicted octanol–water partition coefficient (Wildman–Crippen LogP) is 2.64. The van der Waals surface area contributed by atoms with Crippen LogP contribution in [0.25, 0.3) is 0 Å². The molecule has 0 unspecified atom stereocenters. The zero-order valence-electron chi connectivity index (χ0n) is 11.3. The predicted molar refractivity (Wildman–Crippen MR) is 75.9 cm³/mol. The quantitative estimate of drug-likeness (QED) is 0.838. The molecule has 2 aromatic rings. The van der Waals surface area contributed by atoms with Crippen LogP contribution < -0.4 is 0 Å². The molecule has 0 spiro atoms. The van der Waals surface area contributed by atoms with Crippen LogP contribution in [0.4, 0.5) is 0 Å². The molecule has 0 saturated carbocycles. The highest BCUT2D eigenvalue weighted by Gasteiger charge is 2.28. The summed E-state index contributed by atoms with van der Waals surface area (Å²) in [6.45, 7) is 5.29. The van der Waals surface area contributed by atoms with E-state index in [-0.39, 0.29) is 0 Å². The van der Waals surface area contributed by atoms with Crippen molar-refractivity contribution in [2.45, 2.75) is 25.8 Å². The van der Waals surface area contributed by atoms with Crippen molar-refractivity contribution in [3.8, 4) is 0 Å². The molecule has 98 valence electrons. The van der Waals surface area contributed by atoms with Crippen molar-refractivity contribution in [3.05, 3.63) is 59.7 Å². The lowest BCUT2D eigenvalue weighted by Gasteiger charge is -2.38. The molecule has 0 amide bonds. The Bertz CT molecular complexity index is 515. The lowest BCUT2D eigenvalue weighted by molar-refractivity contribution is 0.135. The number of likely N-dealkylation sites (tertiary alicyclic amines) is 1. The zero-order chi connectivity index (χ0) is 13.1. The molecule has 0 bridgehead atoms. The smallest absolute Gasteiger partial charge is 0.0544 e. The van der Waals surface area contributed by atoms with Gasteiger partial charge in [0.2, 0.25) is 0 Å². The van der Waals surface area contributed by atoms with Gasteiger partial charge in [0.15, 0.2) is 0 Å². The highest BCUT2D eigenvalue weighted by Crippen LogP contribution is 2.26. The lowest BCUT2D eigenvalue weighted by atomic mass is 9.95. The molecule has 0 radical (unpaired) electrons. The van der Waals surface area contributed by atoms with E-state index in [4.69, 9.17) is 0 Å². The second kappa shape index (κ2) is 5.49. The molecule has 1 aliphatic heterocycles. The summed E-state index contributed by atoms with van der Waals surface area (Å²) in [6, 6.07) is 10.5. The second-order valence-corrected chi connectivity index (χ2v) is 5.16. The number of aromatic nitrogens is 2. The summed E-state index contributed by atoms with van der Waals surface area (Å²) in [4.78, 5) is 11.4. The topological polar surface area (TPSA) is 29.0 Å². The van der Waals surface area contributed by atoms with E-state index in [2.05, 4.69) is 46.1 Å². The fraction of sp³-hybridized carbons (Fsp3) is 0.375. The van der Waals surface area contributed by atoms with Gasteiger partial charge >= 0.3 is 0 Å². The molecule has 1 aliphatic rings. The summed E-state index contributed by atoms with van der Waals surface area (Å²) in [6.07, 6.45) is 4.92. The van der Waals surface area contributed by atoms with Gasteiger partial charge in [-0.1, -0.05) is 19.1 Å². The molecular formula is C16H19N3. The van der Waals surface area contributed by atoms with E-state index in [9.17, 15) is 0 Å². The van der Waals surface area contributed by atoms with Gasteiger partial charge in [0.25, 0.3) is 0 Å². The maximum Gasteiger partial charge on any atom is 0.0544 e. The summed E-state index contributed by atoms with van der Waals surface area (Å²) in [5.41, 5.74) is 3.68. The summed E-state index contributed by atoms with van der Waals surface area (Å²) in [7, 11) is 0. The van der Waals surface area contributed by atoms with Crippen LogP contribution in [0.2, 0.25) is 0 Å². The zero-order valence-corrected chi connectivity index (χ0v) is 11.3. The van der Waals surface area contributed by atoms with E-state index < -0.39 is 0 Å². The number of hydrogen-bond donors (Lipinski definition) is 0. The lowest BCUT2D eigenvalue weighted by Crippen LogP contribution is -2.44. The normalized spacial score (nSPS) is 16.3. The molecule has 3 heterocycles. The number of pyridine rings is 2. The van der Waals surface area contributed by atoms with Gasteiger partial charge in [-0.2, -0.15) is 0 Å². The number of hydrogen-bond acceptors (Lipinski definition) is 3. The van der Waals surface area contributed by atoms with Gasteiger partial charge in [-0.3, -0.25) is 14.9 Å². The maximum absolute atomic E-state index is 4.51. The van der Waals surface area contributed by atoms with Crippen molar-refractivity contribution < 1.29 is 0 Å². The van der Waals surface area contributed by atoms with Crippen LogP contribution >= 0.6 is 0 Å². The molecule has 0 aliphatic carbocycles. The van der Waals surface area contributed by atoms with Crippen molar-refractivity contribution in [1.29, 1.82) is 0 Å². The Morgan fingerprint density at radius 3 is 2.68 bits per heavy atom. The molecule has 0 aromatic carbocycles. The van der Waals surface area contributed by atoms with E-state index in [1.54, 1.807) is 0 Å². The van der Waals surface area contributed by atoms with Crippen LogP contribution in [0.15, 0.2) is 42.7 Å². The second-order valence-electron chi connectivity index (χ2n) is 5.16. The number of rotatable bonds is 4. The fourth-order valence-electron chi connectivity index (χ4n) is 2.49. The fourth-order valence-corrected chi connectivity index (χ4v) is 2.49. The van der Waals surface area contributed by atoms with Crippen molar-refractivity contribution in [1.82, 2.24) is 14.9 Å². The van der Waals surface area contributed by atoms with Crippen LogP contribution in [0.3, 0.4) is 0 Å². The summed E-state index contributed by atoms with van der Waals surface area (Å²) < 4.78 is 0. The van der Waals surface area contributed by atoms with Gasteiger partial charge in [0.1, 0.15) is 0 Å². The third-order valence-corrected chi connectivity index (χ3v) is 3.74. The van der Waals surface area contributed by atoms with E-state index in [1.807, 2.05) is 18.5 Å². The highest BCUT2D eigenvalue weighted by molar-refractivity contribution is 5.17. The third kappa shape index (κ3) is 2.82. The van der Waals surface area contributed by atoms with Crippen LogP contribution in [-0.2, 0) is 13.0 Å². The van der Waals surface area contributed by atoms with Crippen LogP contribution in [-0.4, -0.2) is 28.0 Å². The van der Waals surface area contributed by atoms with Gasteiger partial charge in [0.05, 0.1) is 5.69 Å². The van der Waals surface area contributed by atoms with Crippen LogP contribution in [0.5, 0.6) is 0 Å². The minimum atomic E-state index is 0.594. The molecule has 19 heavy (non-hydrogen) atoms. The molecule has 1 saturated heterocycles. The molecule has 0 atom stereocenters. The summed E-state index contributed by atoms with van der Waals surface area (Å²) in [5, 5.41) is 0. The largest absolute Gasteiger partial charge is 0.296 e. The Labute approximate surface area is 114 Å². The molecule has 3 heteroatoms. The monoisotopic (exact) mass is 253 g/mol. The first kappa shape index (κ1) is 12.3. The first-order chi connectivity index (χ1) is 9.35. The standard InChI is InChI=1S/C16H19N3/c1-2-13-6-7-15(18-9-13)12-19-10-14(11-19)16-5-3-4-8-17-16/h3-9,14H,2,10-12H2,1H3. The van der Waals surface area contributed by atoms with E-state index in [1.165, 1.54) is 11.3 Å². The van der Waals surface area contributed by atoms with Gasteiger partial charge in [-0.25, -0.2) is 0 Å². The Morgan fingerprint density at radius 1 is 1.16 bits per heavy atom. The van der Waals surface area contributed by atoms with Crippen molar-refractivity contribution in [3.63, 3.8) is 0 Å². The summed E-state index contributed by atoms with van der Waals surface area (Å²) >= 11 is 0. The van der Waals surface area contributed by atoms with Gasteiger partial charge in [-0.15, -0.1) is 0 Å². The van der Waals surface area contributed by atoms with Crippen molar-refractivity contribution in [2.75, 3.05) is 13.1 Å².